The summed E-state index contributed by atoms with van der Waals surface area (Å²) < 4.78 is 11.8. The summed E-state index contributed by atoms with van der Waals surface area (Å²) in [6.07, 6.45) is 0.791. The van der Waals surface area contributed by atoms with Gasteiger partial charge in [0.2, 0.25) is 5.60 Å². The van der Waals surface area contributed by atoms with Crippen LogP contribution < -0.4 is 19.7 Å². The van der Waals surface area contributed by atoms with Crippen molar-refractivity contribution in [3.05, 3.63) is 133 Å². The number of fused-ring (bicyclic) bond motifs is 1. The Morgan fingerprint density at radius 1 is 0.767 bits per heavy atom. The highest BCUT2D eigenvalue weighted by molar-refractivity contribution is 6.02. The van der Waals surface area contributed by atoms with Gasteiger partial charge in [0.15, 0.2) is 0 Å². The van der Waals surface area contributed by atoms with E-state index in [9.17, 15) is 14.7 Å². The maximum Gasteiger partial charge on any atom is 0.348 e. The number of carboxylic acid groups (broad SMARTS) is 1. The number of hydrogen-bond acceptors (Lipinski definition) is 4. The molecule has 218 valence electrons. The number of nitrogens with zero attached hydrogens (tertiary/aromatic N) is 1. The van der Waals surface area contributed by atoms with Crippen molar-refractivity contribution in [1.29, 1.82) is 0 Å². The molecule has 43 heavy (non-hydrogen) atoms. The quantitative estimate of drug-likeness (QED) is 0.148. The van der Waals surface area contributed by atoms with Crippen LogP contribution in [0.15, 0.2) is 127 Å². The van der Waals surface area contributed by atoms with Crippen LogP contribution in [0.4, 0.5) is 16.2 Å². The van der Waals surface area contributed by atoms with Crippen LogP contribution in [0.3, 0.4) is 0 Å². The van der Waals surface area contributed by atoms with E-state index in [2.05, 4.69) is 5.32 Å². The van der Waals surface area contributed by atoms with Crippen LogP contribution in [0.1, 0.15) is 18.9 Å². The molecule has 0 aliphatic carbocycles. The number of para-hydroxylation sites is 2. The monoisotopic (exact) mass is 574 g/mol. The third-order valence-electron chi connectivity index (χ3n) is 7.11. The van der Waals surface area contributed by atoms with Crippen molar-refractivity contribution in [3.8, 4) is 11.5 Å². The number of nitrogens with one attached hydrogen (secondary N) is 1. The summed E-state index contributed by atoms with van der Waals surface area (Å²) >= 11 is 0. The van der Waals surface area contributed by atoms with E-state index in [-0.39, 0.29) is 12.5 Å². The largest absolute Gasteiger partial charge is 0.494 e. The number of urea groups is 1. The minimum absolute atomic E-state index is 0.190. The highest BCUT2D eigenvalue weighted by Gasteiger charge is 2.36. The fraction of sp³-hybridized carbons (Fsp3) is 0.167. The van der Waals surface area contributed by atoms with Crippen LogP contribution in [-0.4, -0.2) is 35.9 Å². The topological polar surface area (TPSA) is 88.1 Å². The van der Waals surface area contributed by atoms with Crippen molar-refractivity contribution in [2.75, 3.05) is 23.4 Å². The Labute approximate surface area is 251 Å². The van der Waals surface area contributed by atoms with Gasteiger partial charge in [-0.3, -0.25) is 4.90 Å². The van der Waals surface area contributed by atoms with Gasteiger partial charge in [-0.15, -0.1) is 0 Å². The van der Waals surface area contributed by atoms with E-state index in [1.54, 1.807) is 36.1 Å². The third kappa shape index (κ3) is 7.71. The minimum atomic E-state index is -1.42. The van der Waals surface area contributed by atoms with Crippen LogP contribution >= 0.6 is 0 Å². The highest BCUT2D eigenvalue weighted by Crippen LogP contribution is 2.25. The van der Waals surface area contributed by atoms with Crippen LogP contribution in [0.5, 0.6) is 11.5 Å². The van der Waals surface area contributed by atoms with Gasteiger partial charge >= 0.3 is 12.0 Å². The van der Waals surface area contributed by atoms with Gasteiger partial charge in [0.1, 0.15) is 11.5 Å². The second kappa shape index (κ2) is 13.6. The predicted molar refractivity (Wildman–Crippen MR) is 170 cm³/mol. The maximum atomic E-state index is 13.4. The van der Waals surface area contributed by atoms with E-state index in [0.29, 0.717) is 31.1 Å². The molecule has 1 unspecified atom stereocenters. The van der Waals surface area contributed by atoms with Gasteiger partial charge in [0.25, 0.3) is 0 Å². The standard InChI is InChI=1S/C36H34N2O5/c1-36(34(39)40,43-33-15-6-3-7-16-33)26-27-17-21-32(22-18-27)42-24-10-23-38(31-13-4-2-5-14-31)35(41)37-30-20-19-28-11-8-9-12-29(28)25-30/h2-9,11-22,25H,10,23-24,26H2,1H3,(H,37,41)(H,39,40). The van der Waals surface area contributed by atoms with Crippen molar-refractivity contribution >= 4 is 34.1 Å². The van der Waals surface area contributed by atoms with Gasteiger partial charge < -0.3 is 19.9 Å². The molecule has 0 aliphatic rings. The van der Waals surface area contributed by atoms with E-state index in [0.717, 1.165) is 27.7 Å². The molecular weight excluding hydrogens is 540 g/mol. The van der Waals surface area contributed by atoms with Gasteiger partial charge in [-0.2, -0.15) is 0 Å². The molecule has 0 bridgehead atoms. The van der Waals surface area contributed by atoms with Crippen molar-refractivity contribution in [3.63, 3.8) is 0 Å². The van der Waals surface area contributed by atoms with E-state index >= 15 is 0 Å². The fourth-order valence-electron chi connectivity index (χ4n) is 4.82. The van der Waals surface area contributed by atoms with Gasteiger partial charge in [0.05, 0.1) is 6.61 Å². The molecule has 0 aromatic heterocycles. The van der Waals surface area contributed by atoms with Crippen LogP contribution in [0.25, 0.3) is 10.8 Å². The third-order valence-corrected chi connectivity index (χ3v) is 7.11. The molecule has 0 heterocycles. The van der Waals surface area contributed by atoms with Crippen molar-refractivity contribution in [2.24, 2.45) is 0 Å². The summed E-state index contributed by atoms with van der Waals surface area (Å²) in [5, 5.41) is 15.1. The van der Waals surface area contributed by atoms with Crippen LogP contribution in [0, 0.1) is 0 Å². The molecule has 2 amide bonds. The smallest absolute Gasteiger partial charge is 0.348 e. The van der Waals surface area contributed by atoms with Crippen molar-refractivity contribution < 1.29 is 24.2 Å². The highest BCUT2D eigenvalue weighted by atomic mass is 16.5. The first-order valence-electron chi connectivity index (χ1n) is 14.2. The number of benzene rings is 5. The lowest BCUT2D eigenvalue weighted by Crippen LogP contribution is -2.43. The number of carbonyl (C=O) groups excluding carboxylic acids is 1. The fourth-order valence-corrected chi connectivity index (χ4v) is 4.82. The summed E-state index contributed by atoms with van der Waals surface area (Å²) in [7, 11) is 0. The Hall–Kier alpha value is -5.30. The van der Waals surface area contributed by atoms with E-state index in [1.165, 1.54) is 0 Å². The molecule has 0 saturated heterocycles. The first kappa shape index (κ1) is 29.2. The molecular formula is C36H34N2O5. The van der Waals surface area contributed by atoms with Crippen molar-refractivity contribution in [1.82, 2.24) is 0 Å². The Morgan fingerprint density at radius 2 is 1.42 bits per heavy atom. The molecule has 2 N–H and O–H groups in total. The Bertz CT molecular complexity index is 1660. The molecule has 0 radical (unpaired) electrons. The second-order valence-electron chi connectivity index (χ2n) is 10.5. The minimum Gasteiger partial charge on any atom is -0.494 e. The van der Waals surface area contributed by atoms with E-state index in [4.69, 9.17) is 9.47 Å². The molecule has 1 atom stereocenters. The molecule has 7 nitrogen and oxygen atoms in total. The Morgan fingerprint density at radius 3 is 2.12 bits per heavy atom. The van der Waals surface area contributed by atoms with Crippen molar-refractivity contribution in [2.45, 2.75) is 25.4 Å². The molecule has 7 heteroatoms. The number of amides is 2. The number of ether oxygens (including phenoxy) is 2. The second-order valence-corrected chi connectivity index (χ2v) is 10.5. The lowest BCUT2D eigenvalue weighted by molar-refractivity contribution is -0.153. The number of carboxylic acids is 1. The normalized spacial score (nSPS) is 12.2. The van der Waals surface area contributed by atoms with Crippen LogP contribution in [-0.2, 0) is 11.2 Å². The zero-order valence-corrected chi connectivity index (χ0v) is 24.0. The summed E-state index contributed by atoms with van der Waals surface area (Å²) in [5.41, 5.74) is 0.921. The number of carbonyl (C=O) groups is 2. The lowest BCUT2D eigenvalue weighted by atomic mass is 9.96. The molecule has 0 fully saturated rings. The number of aliphatic carboxylic acids is 1. The molecule has 0 saturated carbocycles. The van der Waals surface area contributed by atoms with Gasteiger partial charge in [-0.05, 0) is 78.2 Å². The molecule has 5 aromatic rings. The number of hydrogen-bond donors (Lipinski definition) is 2. The average molecular weight is 575 g/mol. The lowest BCUT2D eigenvalue weighted by Gasteiger charge is -2.26. The van der Waals surface area contributed by atoms with Gasteiger partial charge in [-0.1, -0.05) is 78.9 Å². The zero-order chi connectivity index (χ0) is 30.1. The molecule has 5 aromatic carbocycles. The first-order chi connectivity index (χ1) is 20.9. The molecule has 5 rings (SSSR count). The predicted octanol–water partition coefficient (Wildman–Crippen LogP) is 7.81. The molecule has 0 aliphatic heterocycles. The summed E-state index contributed by atoms with van der Waals surface area (Å²) in [6, 6.07) is 39.5. The summed E-state index contributed by atoms with van der Waals surface area (Å²) in [6.45, 7) is 2.42. The average Bonchev–Trinajstić information content (AvgIpc) is 3.02. The Balaban J connectivity index is 1.17. The molecule has 0 spiro atoms. The van der Waals surface area contributed by atoms with Gasteiger partial charge in [-0.25, -0.2) is 9.59 Å². The summed E-state index contributed by atoms with van der Waals surface area (Å²) in [4.78, 5) is 27.1. The van der Waals surface area contributed by atoms with E-state index < -0.39 is 11.6 Å². The zero-order valence-electron chi connectivity index (χ0n) is 24.0. The van der Waals surface area contributed by atoms with Crippen LogP contribution in [0.2, 0.25) is 0 Å². The van der Waals surface area contributed by atoms with E-state index in [1.807, 2.05) is 103 Å². The SMILES string of the molecule is CC(Cc1ccc(OCCCN(C(=O)Nc2ccc3ccccc3c2)c2ccccc2)cc1)(Oc1ccccc1)C(=O)O. The van der Waals surface area contributed by atoms with Gasteiger partial charge in [0, 0.05) is 24.3 Å². The Kier molecular flexibility index (Phi) is 9.22. The number of rotatable bonds is 12. The maximum absolute atomic E-state index is 13.4. The number of anilines is 2. The first-order valence-corrected chi connectivity index (χ1v) is 14.2. The summed E-state index contributed by atoms with van der Waals surface area (Å²) in [5.74, 6) is 0.128.